The van der Waals surface area contributed by atoms with Crippen LogP contribution in [0.1, 0.15) is 78.6 Å². The van der Waals surface area contributed by atoms with Gasteiger partial charge in [-0.3, -0.25) is 0 Å². The fourth-order valence-electron chi connectivity index (χ4n) is 6.19. The van der Waals surface area contributed by atoms with Crippen molar-refractivity contribution in [2.75, 3.05) is 0 Å². The molecule has 0 N–H and O–H groups in total. The van der Waals surface area contributed by atoms with E-state index in [0.717, 1.165) is 41.9 Å². The predicted molar refractivity (Wildman–Crippen MR) is 86.0 cm³/mol. The largest absolute Gasteiger partial charge is 0.150 e. The van der Waals surface area contributed by atoms with E-state index in [1.165, 1.54) is 38.5 Å². The summed E-state index contributed by atoms with van der Waals surface area (Å²) in [6, 6.07) is 0. The average Bonchev–Trinajstić information content (AvgIpc) is 3.07. The highest BCUT2D eigenvalue weighted by Crippen LogP contribution is 2.56. The average molecular weight is 260 g/mol. The Labute approximate surface area is 121 Å². The van der Waals surface area contributed by atoms with Crippen LogP contribution in [0.4, 0.5) is 0 Å². The second-order valence-electron chi connectivity index (χ2n) is 8.29. The van der Waals surface area contributed by atoms with Crippen LogP contribution < -0.4 is 0 Å². The lowest BCUT2D eigenvalue weighted by Gasteiger charge is -2.37. The predicted octanol–water partition coefficient (Wildman–Crippen LogP) is 6.05. The van der Waals surface area contributed by atoms with E-state index in [0.29, 0.717) is 0 Å². The molecular weight excluding hydrogens is 227 g/mol. The molecule has 3 rings (SSSR count). The van der Waals surface area contributed by atoms with Crippen molar-refractivity contribution in [1.82, 2.24) is 0 Å². The first-order chi connectivity index (χ1) is 9.18. The first-order valence-electron chi connectivity index (χ1n) is 9.18. The minimum absolute atomic E-state index is 1.02. The minimum Gasteiger partial charge on any atom is -0.0629 e. The Bertz CT molecular complexity index is 253. The molecule has 0 heterocycles. The summed E-state index contributed by atoms with van der Waals surface area (Å²) in [6.45, 7) is 8.77. The van der Waals surface area contributed by atoms with Crippen molar-refractivity contribution in [2.45, 2.75) is 96.0 Å². The molecule has 3 aliphatic rings. The van der Waals surface area contributed by atoms with Gasteiger partial charge in [0.25, 0.3) is 0 Å². The third-order valence-electron chi connectivity index (χ3n) is 7.27. The van der Waals surface area contributed by atoms with Crippen LogP contribution in [0.25, 0.3) is 0 Å². The Morgan fingerprint density at radius 1 is 0.526 bits per heavy atom. The van der Waals surface area contributed by atoms with Crippen LogP contribution in [0.15, 0.2) is 0 Å². The topological polar surface area (TPSA) is 0 Å². The Morgan fingerprint density at radius 2 is 0.842 bits per heavy atom. The zero-order valence-corrected chi connectivity index (χ0v) is 13.4. The molecule has 0 aromatic heterocycles. The highest BCUT2D eigenvalue weighted by molar-refractivity contribution is 6.64. The van der Waals surface area contributed by atoms with Crippen molar-refractivity contribution in [2.24, 2.45) is 17.8 Å². The fraction of sp³-hybridized carbons (Fsp3) is 1.00. The highest BCUT2D eigenvalue weighted by atomic mass is 14.4. The molecule has 0 aliphatic heterocycles. The number of hydrogen-bond donors (Lipinski definition) is 0. The Hall–Kier alpha value is 0.0649. The van der Waals surface area contributed by atoms with Crippen LogP contribution in [-0.2, 0) is 0 Å². The fourth-order valence-corrected chi connectivity index (χ4v) is 6.19. The van der Waals surface area contributed by atoms with Crippen LogP contribution in [0.5, 0.6) is 0 Å². The Morgan fingerprint density at radius 3 is 1.05 bits per heavy atom. The Kier molecular flexibility index (Phi) is 4.29. The van der Waals surface area contributed by atoms with Crippen LogP contribution in [0.2, 0.25) is 17.5 Å². The highest BCUT2D eigenvalue weighted by Gasteiger charge is 2.47. The molecule has 0 amide bonds. The monoisotopic (exact) mass is 260 g/mol. The van der Waals surface area contributed by atoms with E-state index in [9.17, 15) is 0 Å². The second kappa shape index (κ2) is 5.82. The molecule has 0 nitrogen and oxygen atoms in total. The lowest BCUT2D eigenvalue weighted by atomic mass is 9.24. The number of hydrogen-bond acceptors (Lipinski definition) is 0. The zero-order chi connectivity index (χ0) is 13.4. The van der Waals surface area contributed by atoms with Gasteiger partial charge in [0.05, 0.1) is 0 Å². The molecule has 3 aliphatic carbocycles. The van der Waals surface area contributed by atoms with Gasteiger partial charge in [-0.1, -0.05) is 96.0 Å². The van der Waals surface area contributed by atoms with Crippen LogP contribution in [0.3, 0.4) is 0 Å². The molecule has 3 saturated carbocycles. The maximum Gasteiger partial charge on any atom is 0.150 e. The van der Waals surface area contributed by atoms with E-state index in [1.54, 1.807) is 19.3 Å². The molecule has 19 heavy (non-hydrogen) atoms. The molecule has 0 aromatic carbocycles. The summed E-state index contributed by atoms with van der Waals surface area (Å²) in [5, 5.41) is 0. The Balaban J connectivity index is 1.82. The first-order valence-corrected chi connectivity index (χ1v) is 9.18. The summed E-state index contributed by atoms with van der Waals surface area (Å²) in [5.41, 5.74) is 0. The summed E-state index contributed by atoms with van der Waals surface area (Å²) < 4.78 is 0. The summed E-state index contributed by atoms with van der Waals surface area (Å²) in [4.78, 5) is 0. The third-order valence-corrected chi connectivity index (χ3v) is 7.27. The van der Waals surface area contributed by atoms with Gasteiger partial charge in [0, 0.05) is 0 Å². The number of rotatable bonds is 3. The molecule has 6 atom stereocenters. The van der Waals surface area contributed by atoms with Gasteiger partial charge in [0.15, 0.2) is 0 Å². The first kappa shape index (κ1) is 14.0. The standard InChI is InChI=1S/C18H33B/c1-13-7-4-10-16(13)19(17-11-5-8-14(17)2)18-12-6-9-15(18)3/h13-18H,4-12H2,1-3H3/t13-,14?,15?,16-,17?,18?/m1/s1. The van der Waals surface area contributed by atoms with Gasteiger partial charge in [-0.25, -0.2) is 0 Å². The van der Waals surface area contributed by atoms with E-state index < -0.39 is 0 Å². The SMILES string of the molecule is CC1CCCC1B(C1CCCC1C)[C@@H]1CCC[C@H]1C. The van der Waals surface area contributed by atoms with Crippen molar-refractivity contribution in [3.8, 4) is 0 Å². The molecule has 108 valence electrons. The van der Waals surface area contributed by atoms with Gasteiger partial charge in [0.2, 0.25) is 0 Å². The van der Waals surface area contributed by atoms with E-state index in [4.69, 9.17) is 0 Å². The van der Waals surface area contributed by atoms with E-state index in [-0.39, 0.29) is 0 Å². The van der Waals surface area contributed by atoms with E-state index >= 15 is 0 Å². The quantitative estimate of drug-likeness (QED) is 0.542. The van der Waals surface area contributed by atoms with Crippen molar-refractivity contribution in [3.63, 3.8) is 0 Å². The smallest absolute Gasteiger partial charge is 0.0629 e. The molecular formula is C18H33B. The summed E-state index contributed by atoms with van der Waals surface area (Å²) in [7, 11) is 0. The van der Waals surface area contributed by atoms with E-state index in [1.807, 2.05) is 0 Å². The second-order valence-corrected chi connectivity index (χ2v) is 8.29. The minimum atomic E-state index is 1.02. The van der Waals surface area contributed by atoms with Crippen LogP contribution >= 0.6 is 0 Å². The molecule has 1 heteroatoms. The molecule has 0 bridgehead atoms. The summed E-state index contributed by atoms with van der Waals surface area (Å²) in [6.07, 6.45) is 13.8. The van der Waals surface area contributed by atoms with Gasteiger partial charge in [0.1, 0.15) is 6.71 Å². The third kappa shape index (κ3) is 2.63. The maximum absolute atomic E-state index is 2.56. The van der Waals surface area contributed by atoms with Crippen molar-refractivity contribution >= 4 is 6.71 Å². The lowest BCUT2D eigenvalue weighted by molar-refractivity contribution is 0.517. The molecule has 0 aromatic rings. The summed E-state index contributed by atoms with van der Waals surface area (Å²) >= 11 is 0. The molecule has 3 fully saturated rings. The summed E-state index contributed by atoms with van der Waals surface area (Å²) in [5.74, 6) is 6.30. The van der Waals surface area contributed by atoms with Gasteiger partial charge >= 0.3 is 0 Å². The van der Waals surface area contributed by atoms with Crippen LogP contribution in [0, 0.1) is 17.8 Å². The molecule has 4 unspecified atom stereocenters. The van der Waals surface area contributed by atoms with Crippen LogP contribution in [-0.4, -0.2) is 6.71 Å². The van der Waals surface area contributed by atoms with Gasteiger partial charge in [-0.2, -0.15) is 0 Å². The van der Waals surface area contributed by atoms with E-state index in [2.05, 4.69) is 20.8 Å². The van der Waals surface area contributed by atoms with Crippen molar-refractivity contribution in [3.05, 3.63) is 0 Å². The zero-order valence-electron chi connectivity index (χ0n) is 13.4. The molecule has 0 radical (unpaired) electrons. The lowest BCUT2D eigenvalue weighted by Crippen LogP contribution is -2.36. The van der Waals surface area contributed by atoms with Gasteiger partial charge in [-0.05, 0) is 17.8 Å². The normalized spacial score (nSPS) is 46.9. The van der Waals surface area contributed by atoms with Gasteiger partial charge in [-0.15, -0.1) is 0 Å². The van der Waals surface area contributed by atoms with Crippen molar-refractivity contribution < 1.29 is 0 Å². The van der Waals surface area contributed by atoms with Gasteiger partial charge < -0.3 is 0 Å². The molecule has 0 spiro atoms. The molecule has 0 saturated heterocycles. The van der Waals surface area contributed by atoms with Crippen molar-refractivity contribution in [1.29, 1.82) is 0 Å². The maximum atomic E-state index is 2.56.